The number of hydrogen-bond acceptors (Lipinski definition) is 3. The maximum Gasteiger partial charge on any atom is 0.236 e. The lowest BCUT2D eigenvalue weighted by atomic mass is 10.1. The van der Waals surface area contributed by atoms with Crippen molar-refractivity contribution in [2.75, 3.05) is 0 Å². The zero-order valence-corrected chi connectivity index (χ0v) is 9.62. The third-order valence-electron chi connectivity index (χ3n) is 1.72. The summed E-state index contributed by atoms with van der Waals surface area (Å²) in [6, 6.07) is 3.11. The van der Waals surface area contributed by atoms with E-state index in [1.807, 2.05) is 0 Å². The highest BCUT2D eigenvalue weighted by Crippen LogP contribution is 2.31. The van der Waals surface area contributed by atoms with E-state index in [0.717, 1.165) is 0 Å². The van der Waals surface area contributed by atoms with Crippen LogP contribution >= 0.6 is 22.3 Å². The molecule has 1 rings (SSSR count). The van der Waals surface area contributed by atoms with E-state index in [4.69, 9.17) is 22.3 Å². The highest BCUT2D eigenvalue weighted by molar-refractivity contribution is 8.13. The summed E-state index contributed by atoms with van der Waals surface area (Å²) in [5.41, 5.74) is 0.885. The number of rotatable bonds is 2. The van der Waals surface area contributed by atoms with Crippen LogP contribution in [0.1, 0.15) is 11.1 Å². The molecule has 0 fully saturated rings. The molecule has 6 heteroatoms. The SMILES string of the molecule is Cc1ccc(CS(=O)(=O)Cl)c(O)c1Cl. The van der Waals surface area contributed by atoms with Crippen molar-refractivity contribution >= 4 is 31.3 Å². The van der Waals surface area contributed by atoms with Gasteiger partial charge in [-0.05, 0) is 12.5 Å². The average Bonchev–Trinajstić information content (AvgIpc) is 2.04. The van der Waals surface area contributed by atoms with Gasteiger partial charge in [0.25, 0.3) is 0 Å². The molecule has 0 radical (unpaired) electrons. The van der Waals surface area contributed by atoms with Crippen LogP contribution in [0.3, 0.4) is 0 Å². The van der Waals surface area contributed by atoms with Gasteiger partial charge in [-0.3, -0.25) is 0 Å². The molecule has 78 valence electrons. The Balaban J connectivity index is 3.19. The number of phenols is 1. The summed E-state index contributed by atoms with van der Waals surface area (Å²) in [4.78, 5) is 0. The van der Waals surface area contributed by atoms with Gasteiger partial charge in [0.1, 0.15) is 5.75 Å². The summed E-state index contributed by atoms with van der Waals surface area (Å²) in [6.07, 6.45) is 0. The third-order valence-corrected chi connectivity index (χ3v) is 3.18. The predicted molar refractivity (Wildman–Crippen MR) is 56.3 cm³/mol. The molecular weight excluding hydrogens is 247 g/mol. The van der Waals surface area contributed by atoms with Crippen molar-refractivity contribution in [1.82, 2.24) is 0 Å². The molecular formula is C8H8Cl2O3S. The molecule has 3 nitrogen and oxygen atoms in total. The molecule has 0 saturated heterocycles. The second-order valence-electron chi connectivity index (χ2n) is 2.89. The summed E-state index contributed by atoms with van der Waals surface area (Å²) in [5, 5.41) is 9.64. The molecule has 0 aliphatic heterocycles. The third kappa shape index (κ3) is 2.77. The fourth-order valence-corrected chi connectivity index (χ4v) is 2.15. The number of benzene rings is 1. The summed E-state index contributed by atoms with van der Waals surface area (Å²) in [6.45, 7) is 1.71. The van der Waals surface area contributed by atoms with Crippen molar-refractivity contribution in [1.29, 1.82) is 0 Å². The van der Waals surface area contributed by atoms with E-state index in [1.165, 1.54) is 6.07 Å². The highest BCUT2D eigenvalue weighted by Gasteiger charge is 2.14. The van der Waals surface area contributed by atoms with Gasteiger partial charge in [0, 0.05) is 16.2 Å². The number of halogens is 2. The van der Waals surface area contributed by atoms with E-state index in [2.05, 4.69) is 0 Å². The van der Waals surface area contributed by atoms with Crippen molar-refractivity contribution in [3.05, 3.63) is 28.3 Å². The molecule has 0 atom stereocenters. The van der Waals surface area contributed by atoms with E-state index < -0.39 is 14.8 Å². The predicted octanol–water partition coefficient (Wildman–Crippen LogP) is 2.42. The van der Waals surface area contributed by atoms with E-state index in [-0.39, 0.29) is 16.3 Å². The molecule has 0 amide bonds. The molecule has 1 N–H and O–H groups in total. The van der Waals surface area contributed by atoms with Gasteiger partial charge < -0.3 is 5.11 Å². The Hall–Kier alpha value is -0.450. The first kappa shape index (κ1) is 11.6. The second kappa shape index (κ2) is 3.96. The summed E-state index contributed by atoms with van der Waals surface area (Å²) >= 11 is 5.72. The van der Waals surface area contributed by atoms with Gasteiger partial charge in [-0.15, -0.1) is 0 Å². The average molecular weight is 255 g/mol. The molecule has 0 aliphatic carbocycles. The minimum atomic E-state index is -3.68. The van der Waals surface area contributed by atoms with E-state index >= 15 is 0 Å². The minimum absolute atomic E-state index is 0.155. The summed E-state index contributed by atoms with van der Waals surface area (Å²) in [5.74, 6) is -0.656. The van der Waals surface area contributed by atoms with Crippen molar-refractivity contribution in [2.45, 2.75) is 12.7 Å². The monoisotopic (exact) mass is 254 g/mol. The molecule has 14 heavy (non-hydrogen) atoms. The first-order valence-electron chi connectivity index (χ1n) is 3.70. The topological polar surface area (TPSA) is 54.4 Å². The first-order chi connectivity index (χ1) is 6.31. The van der Waals surface area contributed by atoms with Gasteiger partial charge in [0.05, 0.1) is 10.8 Å². The van der Waals surface area contributed by atoms with Crippen LogP contribution in [0.2, 0.25) is 5.02 Å². The van der Waals surface area contributed by atoms with Crippen molar-refractivity contribution in [3.8, 4) is 5.75 Å². The highest BCUT2D eigenvalue weighted by atomic mass is 35.7. The van der Waals surface area contributed by atoms with Crippen LogP contribution in [-0.2, 0) is 14.8 Å². The van der Waals surface area contributed by atoms with Gasteiger partial charge in [-0.1, -0.05) is 23.7 Å². The van der Waals surface area contributed by atoms with Gasteiger partial charge in [0.2, 0.25) is 9.05 Å². The molecule has 0 aromatic heterocycles. The van der Waals surface area contributed by atoms with Gasteiger partial charge in [0.15, 0.2) is 0 Å². The van der Waals surface area contributed by atoms with Crippen molar-refractivity contribution in [3.63, 3.8) is 0 Å². The standard InChI is InChI=1S/C8H8Cl2O3S/c1-5-2-3-6(4-14(10,12)13)8(11)7(5)9/h2-3,11H,4H2,1H3. The van der Waals surface area contributed by atoms with Crippen LogP contribution in [0.25, 0.3) is 0 Å². The largest absolute Gasteiger partial charge is 0.506 e. The number of hydrogen-bond donors (Lipinski definition) is 1. The lowest BCUT2D eigenvalue weighted by molar-refractivity contribution is 0.470. The minimum Gasteiger partial charge on any atom is -0.506 e. The van der Waals surface area contributed by atoms with Gasteiger partial charge in [-0.2, -0.15) is 0 Å². The first-order valence-corrected chi connectivity index (χ1v) is 6.56. The molecule has 1 aromatic carbocycles. The van der Waals surface area contributed by atoms with Crippen LogP contribution in [0.5, 0.6) is 5.75 Å². The molecule has 1 aromatic rings. The number of aryl methyl sites for hydroxylation is 1. The quantitative estimate of drug-likeness (QED) is 0.825. The van der Waals surface area contributed by atoms with Crippen LogP contribution < -0.4 is 0 Å². The molecule has 0 saturated carbocycles. The van der Waals surface area contributed by atoms with Gasteiger partial charge in [-0.25, -0.2) is 8.42 Å². The Labute approximate surface area is 91.7 Å². The molecule has 0 aliphatic rings. The maximum absolute atomic E-state index is 10.8. The molecule has 0 unspecified atom stereocenters. The molecule has 0 bridgehead atoms. The smallest absolute Gasteiger partial charge is 0.236 e. The Morgan fingerprint density at radius 3 is 2.50 bits per heavy atom. The Kier molecular flexibility index (Phi) is 3.29. The lowest BCUT2D eigenvalue weighted by Crippen LogP contribution is -1.96. The van der Waals surface area contributed by atoms with E-state index in [9.17, 15) is 13.5 Å². The van der Waals surface area contributed by atoms with Crippen molar-refractivity contribution in [2.24, 2.45) is 0 Å². The van der Waals surface area contributed by atoms with E-state index in [1.54, 1.807) is 13.0 Å². The summed E-state index contributed by atoms with van der Waals surface area (Å²) < 4.78 is 21.5. The number of phenolic OH excluding ortho intramolecular Hbond substituents is 1. The fourth-order valence-electron chi connectivity index (χ4n) is 1.01. The molecule has 0 spiro atoms. The zero-order valence-electron chi connectivity index (χ0n) is 7.29. The normalized spacial score (nSPS) is 11.6. The van der Waals surface area contributed by atoms with Crippen LogP contribution in [0.4, 0.5) is 0 Å². The van der Waals surface area contributed by atoms with Crippen LogP contribution in [0.15, 0.2) is 12.1 Å². The van der Waals surface area contributed by atoms with Crippen LogP contribution in [0, 0.1) is 6.92 Å². The summed E-state index contributed by atoms with van der Waals surface area (Å²) in [7, 11) is 1.37. The molecule has 0 heterocycles. The Morgan fingerprint density at radius 2 is 2.00 bits per heavy atom. The maximum atomic E-state index is 10.8. The fraction of sp³-hybridized carbons (Fsp3) is 0.250. The Bertz CT molecular complexity index is 454. The Morgan fingerprint density at radius 1 is 1.43 bits per heavy atom. The van der Waals surface area contributed by atoms with Gasteiger partial charge >= 0.3 is 0 Å². The van der Waals surface area contributed by atoms with Crippen LogP contribution in [-0.4, -0.2) is 13.5 Å². The van der Waals surface area contributed by atoms with Crippen molar-refractivity contribution < 1.29 is 13.5 Å². The zero-order chi connectivity index (χ0) is 10.9. The second-order valence-corrected chi connectivity index (χ2v) is 6.04. The van der Waals surface area contributed by atoms with E-state index in [0.29, 0.717) is 5.56 Å². The lowest BCUT2D eigenvalue weighted by Gasteiger charge is -2.06. The number of aromatic hydroxyl groups is 1.